The first-order valence-corrected chi connectivity index (χ1v) is 11.5. The Morgan fingerprint density at radius 3 is 2.20 bits per heavy atom. The molecule has 3 rings (SSSR count). The number of amides is 3. The van der Waals surface area contributed by atoms with Crippen molar-refractivity contribution in [2.75, 3.05) is 32.7 Å². The zero-order valence-corrected chi connectivity index (χ0v) is 21.4. The third kappa shape index (κ3) is 6.50. The van der Waals surface area contributed by atoms with Crippen LogP contribution in [0.1, 0.15) is 27.9 Å². The van der Waals surface area contributed by atoms with Crippen molar-refractivity contribution in [3.05, 3.63) is 51.5 Å². The molecule has 0 unspecified atom stereocenters. The number of halogens is 1. The van der Waals surface area contributed by atoms with E-state index in [1.165, 1.54) is 26.4 Å². The van der Waals surface area contributed by atoms with Crippen LogP contribution in [-0.4, -0.2) is 56.1 Å². The molecular weight excluding hydrogens is 522 g/mol. The highest BCUT2D eigenvalue weighted by atomic mass is 79.9. The van der Waals surface area contributed by atoms with E-state index in [1.54, 1.807) is 18.2 Å². The van der Waals surface area contributed by atoms with Gasteiger partial charge in [0, 0.05) is 28.2 Å². The lowest BCUT2D eigenvalue weighted by Crippen LogP contribution is -2.43. The zero-order valence-electron chi connectivity index (χ0n) is 19.8. The molecule has 0 aliphatic carbocycles. The molecule has 3 amide bonds. The van der Waals surface area contributed by atoms with Crippen molar-refractivity contribution in [1.29, 1.82) is 0 Å². The number of nitrogens with one attached hydrogen (secondary N) is 2. The third-order valence-corrected chi connectivity index (χ3v) is 6.63. The number of hydrogen-bond acceptors (Lipinski definition) is 7. The van der Waals surface area contributed by atoms with Crippen LogP contribution < -0.4 is 20.2 Å². The first kappa shape index (κ1) is 26.0. The summed E-state index contributed by atoms with van der Waals surface area (Å²) in [5.74, 6) is -2.19. The van der Waals surface area contributed by atoms with E-state index in [2.05, 4.69) is 26.7 Å². The molecule has 2 aromatic rings. The molecule has 1 aliphatic rings. The summed E-state index contributed by atoms with van der Waals surface area (Å²) in [6.45, 7) is 3.24. The first-order valence-electron chi connectivity index (χ1n) is 10.7. The average molecular weight is 548 g/mol. The maximum atomic E-state index is 12.6. The van der Waals surface area contributed by atoms with Gasteiger partial charge < -0.3 is 19.5 Å². The van der Waals surface area contributed by atoms with E-state index < -0.39 is 36.2 Å². The molecule has 1 aliphatic heterocycles. The minimum absolute atomic E-state index is 0.0722. The molecule has 2 aromatic carbocycles. The summed E-state index contributed by atoms with van der Waals surface area (Å²) < 4.78 is 16.4. The molecule has 35 heavy (non-hydrogen) atoms. The van der Waals surface area contributed by atoms with Gasteiger partial charge in [-0.15, -0.1) is 0 Å². The second-order valence-corrected chi connectivity index (χ2v) is 8.82. The van der Waals surface area contributed by atoms with Gasteiger partial charge in [-0.05, 0) is 49.2 Å². The molecule has 0 spiro atoms. The lowest BCUT2D eigenvalue weighted by molar-refractivity contribution is -0.151. The quantitative estimate of drug-likeness (QED) is 0.487. The Balaban J connectivity index is 1.53. The largest absolute Gasteiger partial charge is 0.497 e. The highest BCUT2D eigenvalue weighted by Gasteiger charge is 2.36. The molecule has 11 heteroatoms. The van der Waals surface area contributed by atoms with Crippen LogP contribution in [0, 0.1) is 19.8 Å². The molecule has 186 valence electrons. The van der Waals surface area contributed by atoms with Gasteiger partial charge in [0.05, 0.1) is 26.7 Å². The van der Waals surface area contributed by atoms with Crippen LogP contribution in [0.25, 0.3) is 0 Å². The number of esters is 1. The number of carbonyl (C=O) groups is 4. The Morgan fingerprint density at radius 1 is 1.03 bits per heavy atom. The van der Waals surface area contributed by atoms with Gasteiger partial charge in [-0.25, -0.2) is 0 Å². The zero-order chi connectivity index (χ0) is 25.7. The van der Waals surface area contributed by atoms with Gasteiger partial charge in [-0.1, -0.05) is 15.9 Å². The normalized spacial score (nSPS) is 14.9. The molecule has 0 saturated carbocycles. The molecular formula is C24H26BrN3O7. The van der Waals surface area contributed by atoms with Crippen LogP contribution in [0.15, 0.2) is 34.8 Å². The molecule has 1 fully saturated rings. The van der Waals surface area contributed by atoms with E-state index in [1.807, 2.05) is 13.8 Å². The van der Waals surface area contributed by atoms with Crippen LogP contribution in [0.3, 0.4) is 0 Å². The molecule has 0 aromatic heterocycles. The van der Waals surface area contributed by atoms with Gasteiger partial charge >= 0.3 is 5.97 Å². The Bertz CT molecular complexity index is 1120. The predicted octanol–water partition coefficient (Wildman–Crippen LogP) is 2.76. The van der Waals surface area contributed by atoms with Crippen LogP contribution in [-0.2, 0) is 19.1 Å². The van der Waals surface area contributed by atoms with Gasteiger partial charge in [0.2, 0.25) is 5.91 Å². The molecule has 1 saturated heterocycles. The predicted molar refractivity (Wildman–Crippen MR) is 130 cm³/mol. The monoisotopic (exact) mass is 547 g/mol. The molecule has 2 N–H and O–H groups in total. The fourth-order valence-corrected chi connectivity index (χ4v) is 3.80. The number of hydrogen-bond donors (Lipinski definition) is 2. The maximum absolute atomic E-state index is 12.6. The van der Waals surface area contributed by atoms with Crippen LogP contribution >= 0.6 is 15.9 Å². The van der Waals surface area contributed by atoms with Crippen LogP contribution in [0.4, 0.5) is 5.69 Å². The van der Waals surface area contributed by atoms with Crippen molar-refractivity contribution in [3.8, 4) is 11.5 Å². The molecule has 1 atom stereocenters. The van der Waals surface area contributed by atoms with E-state index in [4.69, 9.17) is 14.2 Å². The summed E-state index contributed by atoms with van der Waals surface area (Å²) in [4.78, 5) is 49.6. The lowest BCUT2D eigenvalue weighted by atomic mass is 10.1. The number of carbonyl (C=O) groups excluding carboxylic acids is 4. The summed E-state index contributed by atoms with van der Waals surface area (Å²) in [7, 11) is 2.91. The van der Waals surface area contributed by atoms with Gasteiger partial charge in [0.15, 0.2) is 6.61 Å². The molecule has 0 radical (unpaired) electrons. The summed E-state index contributed by atoms with van der Waals surface area (Å²) in [6, 6.07) is 8.20. The number of rotatable bonds is 8. The van der Waals surface area contributed by atoms with E-state index in [0.717, 1.165) is 20.6 Å². The van der Waals surface area contributed by atoms with E-state index in [-0.39, 0.29) is 18.5 Å². The van der Waals surface area contributed by atoms with E-state index in [9.17, 15) is 19.2 Å². The Labute approximate surface area is 211 Å². The van der Waals surface area contributed by atoms with Crippen LogP contribution in [0.5, 0.6) is 11.5 Å². The number of benzene rings is 2. The standard InChI is InChI=1S/C24H26BrN3O7/c1-13-5-17(6-14(2)22(13)25)26-20(29)12-35-24(32)16-9-21(30)28(11-16)27-23(31)15-7-18(33-3)10-19(8-15)34-4/h5-8,10,16H,9,11-12H2,1-4H3,(H,26,29)(H,27,31)/t16-/m0/s1. The number of ether oxygens (including phenoxy) is 3. The van der Waals surface area contributed by atoms with E-state index in [0.29, 0.717) is 17.2 Å². The second kappa shape index (κ2) is 11.2. The van der Waals surface area contributed by atoms with Crippen molar-refractivity contribution in [2.45, 2.75) is 20.3 Å². The fourth-order valence-electron chi connectivity index (χ4n) is 3.57. The van der Waals surface area contributed by atoms with Gasteiger partial charge in [0.1, 0.15) is 11.5 Å². The van der Waals surface area contributed by atoms with Crippen molar-refractivity contribution < 1.29 is 33.4 Å². The maximum Gasteiger partial charge on any atom is 0.311 e. The van der Waals surface area contributed by atoms with Gasteiger partial charge in [-0.3, -0.25) is 29.6 Å². The Kier molecular flexibility index (Phi) is 8.34. The summed E-state index contributed by atoms with van der Waals surface area (Å²) in [5, 5.41) is 3.75. The highest BCUT2D eigenvalue weighted by molar-refractivity contribution is 9.10. The lowest BCUT2D eigenvalue weighted by Gasteiger charge is -2.18. The second-order valence-electron chi connectivity index (χ2n) is 8.03. The van der Waals surface area contributed by atoms with E-state index >= 15 is 0 Å². The topological polar surface area (TPSA) is 123 Å². The van der Waals surface area contributed by atoms with Crippen molar-refractivity contribution >= 4 is 45.3 Å². The Morgan fingerprint density at radius 2 is 1.63 bits per heavy atom. The SMILES string of the molecule is COc1cc(OC)cc(C(=O)NN2C[C@@H](C(=O)OCC(=O)Nc3cc(C)c(Br)c(C)c3)CC2=O)c1. The average Bonchev–Trinajstić information content (AvgIpc) is 3.20. The first-order chi connectivity index (χ1) is 16.6. The number of hydrazine groups is 1. The molecule has 1 heterocycles. The highest BCUT2D eigenvalue weighted by Crippen LogP contribution is 2.25. The third-order valence-electron chi connectivity index (χ3n) is 5.37. The summed E-state index contributed by atoms with van der Waals surface area (Å²) in [5.41, 5.74) is 5.20. The number of nitrogens with zero attached hydrogens (tertiary/aromatic N) is 1. The minimum Gasteiger partial charge on any atom is -0.497 e. The number of anilines is 1. The smallest absolute Gasteiger partial charge is 0.311 e. The molecule has 0 bridgehead atoms. The minimum atomic E-state index is -0.812. The van der Waals surface area contributed by atoms with Crippen molar-refractivity contribution in [3.63, 3.8) is 0 Å². The van der Waals surface area contributed by atoms with Crippen molar-refractivity contribution in [1.82, 2.24) is 10.4 Å². The fraction of sp³-hybridized carbons (Fsp3) is 0.333. The Hall–Kier alpha value is -3.60. The van der Waals surface area contributed by atoms with Gasteiger partial charge in [-0.2, -0.15) is 0 Å². The summed E-state index contributed by atoms with van der Waals surface area (Å²) >= 11 is 3.47. The van der Waals surface area contributed by atoms with Crippen molar-refractivity contribution in [2.24, 2.45) is 5.92 Å². The van der Waals surface area contributed by atoms with Crippen LogP contribution in [0.2, 0.25) is 0 Å². The number of aryl methyl sites for hydroxylation is 2. The van der Waals surface area contributed by atoms with Gasteiger partial charge in [0.25, 0.3) is 11.8 Å². The summed E-state index contributed by atoms with van der Waals surface area (Å²) in [6.07, 6.45) is -0.146. The molecule has 10 nitrogen and oxygen atoms in total. The number of methoxy groups -OCH3 is 2.